The Kier molecular flexibility index (Phi) is 4.13. The molecule has 0 radical (unpaired) electrons. The van der Waals surface area contributed by atoms with Crippen LogP contribution in [0.25, 0.3) is 11.0 Å². The molecule has 0 aliphatic rings. The first-order chi connectivity index (χ1) is 7.22. The van der Waals surface area contributed by atoms with E-state index < -0.39 is 0 Å². The molecule has 2 rings (SSSR count). The molecule has 2 nitrogen and oxygen atoms in total. The van der Waals surface area contributed by atoms with Gasteiger partial charge < -0.3 is 4.57 Å². The van der Waals surface area contributed by atoms with Gasteiger partial charge in [0.25, 0.3) is 0 Å². The monoisotopic (exact) mass is 236 g/mol. The van der Waals surface area contributed by atoms with Crippen LogP contribution in [0.5, 0.6) is 0 Å². The molecule has 0 N–H and O–H groups in total. The van der Waals surface area contributed by atoms with Crippen molar-refractivity contribution in [3.8, 4) is 0 Å². The van der Waals surface area contributed by atoms with E-state index in [0.29, 0.717) is 0 Å². The van der Waals surface area contributed by atoms with E-state index in [0.717, 1.165) is 29.9 Å². The number of benzene rings is 1. The molecule has 0 spiro atoms. The van der Waals surface area contributed by atoms with Crippen molar-refractivity contribution in [2.24, 2.45) is 0 Å². The van der Waals surface area contributed by atoms with Crippen molar-refractivity contribution in [2.45, 2.75) is 26.8 Å². The number of nitrogens with zero attached hydrogens (tertiary/aromatic N) is 2. The molecule has 0 saturated heterocycles. The zero-order valence-electron chi connectivity index (χ0n) is 9.73. The lowest BCUT2D eigenvalue weighted by Gasteiger charge is -2.07. The second-order valence-corrected chi connectivity index (χ2v) is 3.91. The van der Waals surface area contributed by atoms with Gasteiger partial charge in [0.15, 0.2) is 0 Å². The second-order valence-electron chi connectivity index (χ2n) is 3.91. The van der Waals surface area contributed by atoms with Crippen molar-refractivity contribution < 1.29 is 0 Å². The van der Waals surface area contributed by atoms with Gasteiger partial charge in [-0.1, -0.05) is 31.2 Å². The van der Waals surface area contributed by atoms with Crippen LogP contribution in [0.2, 0.25) is 0 Å². The minimum absolute atomic E-state index is 0. The first-order valence-electron chi connectivity index (χ1n) is 5.31. The van der Waals surface area contributed by atoms with Gasteiger partial charge in [-0.25, -0.2) is 4.98 Å². The molecule has 1 aromatic heterocycles. The van der Waals surface area contributed by atoms with Crippen LogP contribution in [0.1, 0.15) is 19.7 Å². The third-order valence-corrected chi connectivity index (χ3v) is 2.48. The molecule has 0 unspecified atom stereocenters. The molecular weight excluding hydrogens is 220 g/mol. The Labute approximate surface area is 102 Å². The van der Waals surface area contributed by atoms with Crippen LogP contribution in [0, 0.1) is 0 Å². The average molecular weight is 237 g/mol. The fourth-order valence-corrected chi connectivity index (χ4v) is 1.84. The summed E-state index contributed by atoms with van der Waals surface area (Å²) < 4.78 is 2.25. The van der Waals surface area contributed by atoms with E-state index >= 15 is 0 Å². The summed E-state index contributed by atoms with van der Waals surface area (Å²) in [5.74, 6) is 1.14. The van der Waals surface area contributed by atoms with E-state index in [-0.39, 0.29) is 12.4 Å². The number of allylic oxidation sites excluding steroid dienone is 1. The molecule has 0 amide bonds. The zero-order chi connectivity index (χ0) is 10.8. The summed E-state index contributed by atoms with van der Waals surface area (Å²) in [6.07, 6.45) is 0.960. The van der Waals surface area contributed by atoms with E-state index in [9.17, 15) is 0 Å². The Morgan fingerprint density at radius 1 is 1.38 bits per heavy atom. The molecule has 0 aliphatic carbocycles. The maximum atomic E-state index is 4.61. The minimum atomic E-state index is 0. The molecule has 0 atom stereocenters. The molecule has 0 bridgehead atoms. The highest BCUT2D eigenvalue weighted by Crippen LogP contribution is 2.17. The highest BCUT2D eigenvalue weighted by molar-refractivity contribution is 5.85. The van der Waals surface area contributed by atoms with Crippen molar-refractivity contribution in [3.05, 3.63) is 42.2 Å². The molecule has 0 aliphatic heterocycles. The highest BCUT2D eigenvalue weighted by atomic mass is 35.5. The van der Waals surface area contributed by atoms with E-state index in [2.05, 4.69) is 41.3 Å². The minimum Gasteiger partial charge on any atom is -0.324 e. The maximum absolute atomic E-state index is 4.61. The molecular formula is C13H17ClN2. The number of rotatable bonds is 3. The molecule has 1 aromatic carbocycles. The van der Waals surface area contributed by atoms with Gasteiger partial charge in [-0.15, -0.1) is 12.4 Å². The van der Waals surface area contributed by atoms with E-state index in [4.69, 9.17) is 0 Å². The third kappa shape index (κ3) is 2.27. The summed E-state index contributed by atoms with van der Waals surface area (Å²) in [6, 6.07) is 8.26. The van der Waals surface area contributed by atoms with Gasteiger partial charge in [-0.3, -0.25) is 0 Å². The van der Waals surface area contributed by atoms with Crippen molar-refractivity contribution in [2.75, 3.05) is 0 Å². The first kappa shape index (κ1) is 12.8. The summed E-state index contributed by atoms with van der Waals surface area (Å²) in [6.45, 7) is 9.01. The number of aryl methyl sites for hydroxylation is 1. The van der Waals surface area contributed by atoms with Gasteiger partial charge in [-0.05, 0) is 19.1 Å². The number of aromatic nitrogens is 2. The van der Waals surface area contributed by atoms with Gasteiger partial charge in [0.05, 0.1) is 11.0 Å². The Hall–Kier alpha value is -1.28. The highest BCUT2D eigenvalue weighted by Gasteiger charge is 2.07. The third-order valence-electron chi connectivity index (χ3n) is 2.48. The largest absolute Gasteiger partial charge is 0.324 e. The van der Waals surface area contributed by atoms with Crippen LogP contribution in [0.3, 0.4) is 0 Å². The van der Waals surface area contributed by atoms with Crippen LogP contribution in [-0.4, -0.2) is 9.55 Å². The smallest absolute Gasteiger partial charge is 0.109 e. The van der Waals surface area contributed by atoms with E-state index in [1.807, 2.05) is 13.0 Å². The van der Waals surface area contributed by atoms with Gasteiger partial charge in [0.2, 0.25) is 0 Å². The molecule has 1 heterocycles. The lowest BCUT2D eigenvalue weighted by Crippen LogP contribution is -2.03. The average Bonchev–Trinajstić information content (AvgIpc) is 2.56. The fraction of sp³-hybridized carbons (Fsp3) is 0.308. The van der Waals surface area contributed by atoms with Gasteiger partial charge in [0, 0.05) is 13.0 Å². The first-order valence-corrected chi connectivity index (χ1v) is 5.31. The summed E-state index contributed by atoms with van der Waals surface area (Å²) in [4.78, 5) is 4.61. The van der Waals surface area contributed by atoms with Gasteiger partial charge in [-0.2, -0.15) is 0 Å². The lowest BCUT2D eigenvalue weighted by atomic mass is 10.3. The Bertz CT molecular complexity index is 500. The molecule has 3 heteroatoms. The predicted molar refractivity (Wildman–Crippen MR) is 71.2 cm³/mol. The fourth-order valence-electron chi connectivity index (χ4n) is 1.84. The second kappa shape index (κ2) is 5.17. The molecule has 86 valence electrons. The summed E-state index contributed by atoms with van der Waals surface area (Å²) >= 11 is 0. The SMILES string of the molecule is C=C(C)Cn1c(CC)nc2ccccc21.Cl. The predicted octanol–water partition coefficient (Wildman–Crippen LogP) is 3.60. The van der Waals surface area contributed by atoms with Crippen molar-refractivity contribution >= 4 is 23.4 Å². The van der Waals surface area contributed by atoms with Crippen LogP contribution >= 0.6 is 12.4 Å². The van der Waals surface area contributed by atoms with E-state index in [1.54, 1.807) is 0 Å². The van der Waals surface area contributed by atoms with Crippen LogP contribution in [-0.2, 0) is 13.0 Å². The van der Waals surface area contributed by atoms with Gasteiger partial charge >= 0.3 is 0 Å². The summed E-state index contributed by atoms with van der Waals surface area (Å²) in [5, 5.41) is 0. The van der Waals surface area contributed by atoms with Crippen LogP contribution in [0.15, 0.2) is 36.4 Å². The quantitative estimate of drug-likeness (QED) is 0.745. The van der Waals surface area contributed by atoms with Crippen LogP contribution < -0.4 is 0 Å². The number of hydrogen-bond donors (Lipinski definition) is 0. The Morgan fingerprint density at radius 2 is 2.06 bits per heavy atom. The Morgan fingerprint density at radius 3 is 2.69 bits per heavy atom. The van der Waals surface area contributed by atoms with E-state index in [1.165, 1.54) is 5.52 Å². The molecule has 16 heavy (non-hydrogen) atoms. The Balaban J connectivity index is 0.00000128. The van der Waals surface area contributed by atoms with Crippen molar-refractivity contribution in [1.29, 1.82) is 0 Å². The summed E-state index contributed by atoms with van der Waals surface area (Å²) in [5.41, 5.74) is 3.45. The van der Waals surface area contributed by atoms with Crippen molar-refractivity contribution in [1.82, 2.24) is 9.55 Å². The molecule has 0 saturated carbocycles. The molecule has 2 aromatic rings. The number of fused-ring (bicyclic) bond motifs is 1. The number of hydrogen-bond acceptors (Lipinski definition) is 1. The number of halogens is 1. The zero-order valence-corrected chi connectivity index (χ0v) is 10.5. The van der Waals surface area contributed by atoms with Crippen molar-refractivity contribution in [3.63, 3.8) is 0 Å². The normalized spacial score (nSPS) is 10.1. The maximum Gasteiger partial charge on any atom is 0.109 e. The summed E-state index contributed by atoms with van der Waals surface area (Å²) in [7, 11) is 0. The van der Waals surface area contributed by atoms with Gasteiger partial charge in [0.1, 0.15) is 5.82 Å². The van der Waals surface area contributed by atoms with Crippen LogP contribution in [0.4, 0.5) is 0 Å². The number of imidazole rings is 1. The molecule has 0 fully saturated rings. The standard InChI is InChI=1S/C13H16N2.ClH/c1-4-13-14-11-7-5-6-8-12(11)15(13)9-10(2)3;/h5-8H,2,4,9H2,1,3H3;1H. The lowest BCUT2D eigenvalue weighted by molar-refractivity contribution is 0.744. The number of para-hydroxylation sites is 2. The topological polar surface area (TPSA) is 17.8 Å².